The van der Waals surface area contributed by atoms with Crippen LogP contribution in [0.25, 0.3) is 0 Å². The molecule has 0 N–H and O–H groups in total. The first kappa shape index (κ1) is 16.8. The normalized spacial score (nSPS) is 31.6. The van der Waals surface area contributed by atoms with Crippen LogP contribution in [0.1, 0.15) is 12.5 Å². The van der Waals surface area contributed by atoms with Gasteiger partial charge in [-0.3, -0.25) is 4.18 Å². The molecule has 0 aromatic heterocycles. The van der Waals surface area contributed by atoms with Gasteiger partial charge in [0, 0.05) is 0 Å². The van der Waals surface area contributed by atoms with Gasteiger partial charge in [-0.1, -0.05) is 17.7 Å². The lowest BCUT2D eigenvalue weighted by molar-refractivity contribution is -0.0327. The molecule has 23 heavy (non-hydrogen) atoms. The van der Waals surface area contributed by atoms with Crippen LogP contribution in [0.4, 0.5) is 0 Å². The summed E-state index contributed by atoms with van der Waals surface area (Å²) >= 11 is 0. The van der Waals surface area contributed by atoms with Gasteiger partial charge in [-0.15, -0.1) is 0 Å². The summed E-state index contributed by atoms with van der Waals surface area (Å²) in [5.74, 6) is 0. The zero-order valence-electron chi connectivity index (χ0n) is 13.0. The van der Waals surface area contributed by atoms with E-state index in [1.807, 2.05) is 13.8 Å². The molecule has 4 unspecified atom stereocenters. The maximum absolute atomic E-state index is 12.2. The Labute approximate surface area is 135 Å². The van der Waals surface area contributed by atoms with Gasteiger partial charge in [0.25, 0.3) is 10.1 Å². The van der Waals surface area contributed by atoms with Gasteiger partial charge in [-0.25, -0.2) is 0 Å². The number of hydrogen-bond donors (Lipinski definition) is 0. The van der Waals surface area contributed by atoms with Gasteiger partial charge >= 0.3 is 0 Å². The van der Waals surface area contributed by atoms with Crippen LogP contribution >= 0.6 is 0 Å². The second-order valence-corrected chi connectivity index (χ2v) is 7.24. The van der Waals surface area contributed by atoms with Gasteiger partial charge in [0.1, 0.15) is 31.9 Å². The Kier molecular flexibility index (Phi) is 5.00. The lowest BCUT2D eigenvalue weighted by Gasteiger charge is -2.23. The summed E-state index contributed by atoms with van der Waals surface area (Å²) in [6, 6.07) is 6.48. The van der Waals surface area contributed by atoms with E-state index < -0.39 is 22.3 Å². The lowest BCUT2D eigenvalue weighted by Crippen LogP contribution is -2.42. The quantitative estimate of drug-likeness (QED) is 0.743. The van der Waals surface area contributed by atoms with Crippen molar-refractivity contribution in [3.63, 3.8) is 0 Å². The Morgan fingerprint density at radius 1 is 1.04 bits per heavy atom. The van der Waals surface area contributed by atoms with Gasteiger partial charge in [0.2, 0.25) is 0 Å². The monoisotopic (exact) mass is 344 g/mol. The molecule has 4 atom stereocenters. The van der Waals surface area contributed by atoms with Gasteiger partial charge < -0.3 is 18.9 Å². The molecule has 2 fully saturated rings. The average molecular weight is 344 g/mol. The summed E-state index contributed by atoms with van der Waals surface area (Å²) in [7, 11) is -3.83. The fourth-order valence-corrected chi connectivity index (χ4v) is 3.52. The van der Waals surface area contributed by atoms with E-state index in [1.165, 1.54) is 12.1 Å². The summed E-state index contributed by atoms with van der Waals surface area (Å²) in [5, 5.41) is 0. The van der Waals surface area contributed by atoms with Crippen molar-refractivity contribution in [2.75, 3.05) is 20.2 Å². The van der Waals surface area contributed by atoms with Crippen LogP contribution in [-0.2, 0) is 33.2 Å². The second-order valence-electron chi connectivity index (χ2n) is 5.63. The van der Waals surface area contributed by atoms with E-state index in [0.717, 1.165) is 5.56 Å². The zero-order chi connectivity index (χ0) is 16.4. The molecule has 0 amide bonds. The van der Waals surface area contributed by atoms with Gasteiger partial charge in [-0.05, 0) is 26.0 Å². The molecule has 1 aromatic rings. The van der Waals surface area contributed by atoms with Crippen LogP contribution in [-0.4, -0.2) is 53.0 Å². The van der Waals surface area contributed by atoms with E-state index in [9.17, 15) is 8.42 Å². The number of benzene rings is 1. The standard InChI is InChI=1S/C15H20O7S/c1-10-3-5-12(6-4-10)23(16,17)22-7-13-15(21-9-19-13)14-11(2)18-8-20-14/h3-6,11,13-15H,7-9H2,1-2H3. The first-order valence-corrected chi connectivity index (χ1v) is 8.81. The van der Waals surface area contributed by atoms with Crippen molar-refractivity contribution in [2.24, 2.45) is 0 Å². The van der Waals surface area contributed by atoms with Crippen molar-refractivity contribution in [3.8, 4) is 0 Å². The van der Waals surface area contributed by atoms with Crippen LogP contribution < -0.4 is 0 Å². The summed E-state index contributed by atoms with van der Waals surface area (Å²) in [5.41, 5.74) is 0.976. The third kappa shape index (κ3) is 3.73. The van der Waals surface area contributed by atoms with Crippen LogP contribution in [0.3, 0.4) is 0 Å². The molecule has 0 bridgehead atoms. The van der Waals surface area contributed by atoms with Crippen LogP contribution in [0.15, 0.2) is 29.2 Å². The molecule has 0 radical (unpaired) electrons. The van der Waals surface area contributed by atoms with Gasteiger partial charge in [0.05, 0.1) is 17.6 Å². The Morgan fingerprint density at radius 2 is 1.70 bits per heavy atom. The van der Waals surface area contributed by atoms with E-state index in [2.05, 4.69) is 0 Å². The predicted octanol–water partition coefficient (Wildman–Crippen LogP) is 1.20. The van der Waals surface area contributed by atoms with Crippen LogP contribution in [0, 0.1) is 6.92 Å². The van der Waals surface area contributed by atoms with E-state index >= 15 is 0 Å². The van der Waals surface area contributed by atoms with Gasteiger partial charge in [0.15, 0.2) is 0 Å². The smallest absolute Gasteiger partial charge is 0.297 e. The highest BCUT2D eigenvalue weighted by atomic mass is 32.2. The molecule has 2 aliphatic rings. The molecule has 1 aromatic carbocycles. The largest absolute Gasteiger partial charge is 0.350 e. The highest BCUT2D eigenvalue weighted by molar-refractivity contribution is 7.86. The SMILES string of the molecule is Cc1ccc(S(=O)(=O)OCC2OCOC2C2OCOC2C)cc1. The first-order chi connectivity index (χ1) is 11.0. The first-order valence-electron chi connectivity index (χ1n) is 7.40. The maximum atomic E-state index is 12.2. The Hall–Kier alpha value is -1.03. The third-order valence-corrected chi connectivity index (χ3v) is 5.28. The van der Waals surface area contributed by atoms with Crippen molar-refractivity contribution in [1.29, 1.82) is 0 Å². The molecular weight excluding hydrogens is 324 g/mol. The third-order valence-electron chi connectivity index (χ3n) is 3.98. The Morgan fingerprint density at radius 3 is 2.35 bits per heavy atom. The molecule has 2 heterocycles. The van der Waals surface area contributed by atoms with E-state index in [-0.39, 0.29) is 37.3 Å². The molecule has 3 rings (SSSR count). The number of ether oxygens (including phenoxy) is 4. The van der Waals surface area contributed by atoms with E-state index in [4.69, 9.17) is 23.1 Å². The summed E-state index contributed by atoms with van der Waals surface area (Å²) in [4.78, 5) is 0.118. The maximum Gasteiger partial charge on any atom is 0.297 e. The number of aryl methyl sites for hydroxylation is 1. The van der Waals surface area contributed by atoms with Crippen molar-refractivity contribution in [2.45, 2.75) is 43.2 Å². The summed E-state index contributed by atoms with van der Waals surface area (Å²) < 4.78 is 51.3. The molecule has 2 saturated heterocycles. The van der Waals surface area contributed by atoms with Crippen molar-refractivity contribution in [1.82, 2.24) is 0 Å². The number of hydrogen-bond acceptors (Lipinski definition) is 7. The molecule has 0 spiro atoms. The van der Waals surface area contributed by atoms with Gasteiger partial charge in [-0.2, -0.15) is 8.42 Å². The summed E-state index contributed by atoms with van der Waals surface area (Å²) in [6.45, 7) is 3.90. The molecular formula is C15H20O7S. The highest BCUT2D eigenvalue weighted by Crippen LogP contribution is 2.26. The molecule has 7 nitrogen and oxygen atoms in total. The van der Waals surface area contributed by atoms with Crippen molar-refractivity contribution in [3.05, 3.63) is 29.8 Å². The van der Waals surface area contributed by atoms with E-state index in [1.54, 1.807) is 12.1 Å². The minimum absolute atomic E-state index is 0.0792. The van der Waals surface area contributed by atoms with Crippen LogP contribution in [0.5, 0.6) is 0 Å². The molecule has 0 saturated carbocycles. The van der Waals surface area contributed by atoms with Crippen molar-refractivity contribution >= 4 is 10.1 Å². The highest BCUT2D eigenvalue weighted by Gasteiger charge is 2.43. The predicted molar refractivity (Wildman–Crippen MR) is 79.2 cm³/mol. The number of rotatable bonds is 5. The molecule has 128 valence electrons. The fraction of sp³-hybridized carbons (Fsp3) is 0.600. The van der Waals surface area contributed by atoms with E-state index in [0.29, 0.717) is 0 Å². The Bertz CT molecular complexity index is 628. The topological polar surface area (TPSA) is 80.3 Å². The Balaban J connectivity index is 1.63. The van der Waals surface area contributed by atoms with Crippen molar-refractivity contribution < 1.29 is 31.5 Å². The summed E-state index contributed by atoms with van der Waals surface area (Å²) in [6.07, 6.45) is -1.38. The minimum Gasteiger partial charge on any atom is -0.350 e. The lowest BCUT2D eigenvalue weighted by atomic mass is 10.0. The molecule has 2 aliphatic heterocycles. The van der Waals surface area contributed by atoms with Crippen LogP contribution in [0.2, 0.25) is 0 Å². The molecule has 8 heteroatoms. The second kappa shape index (κ2) is 6.84. The fourth-order valence-electron chi connectivity index (χ4n) is 2.60. The molecule has 0 aliphatic carbocycles. The zero-order valence-corrected chi connectivity index (χ0v) is 13.8. The average Bonchev–Trinajstić information content (AvgIpc) is 3.14. The minimum atomic E-state index is -3.83.